The van der Waals surface area contributed by atoms with Crippen LogP contribution in [0.1, 0.15) is 22.8 Å². The maximum atomic E-state index is 10.5. The molecule has 100 valence electrons. The topological polar surface area (TPSA) is 55.5 Å². The number of aliphatic hydroxyl groups is 1. The molecule has 4 heteroatoms. The minimum atomic E-state index is -0.866. The van der Waals surface area contributed by atoms with Crippen molar-refractivity contribution in [1.29, 1.82) is 0 Å². The highest BCUT2D eigenvalue weighted by atomic mass is 35.5. The van der Waals surface area contributed by atoms with Gasteiger partial charge in [-0.3, -0.25) is 0 Å². The monoisotopic (exact) mass is 277 g/mol. The third kappa shape index (κ3) is 2.83. The van der Waals surface area contributed by atoms with Crippen LogP contribution in [0.2, 0.25) is 5.02 Å². The summed E-state index contributed by atoms with van der Waals surface area (Å²) in [6.07, 6.45) is -0.866. The van der Waals surface area contributed by atoms with Crippen LogP contribution in [0.5, 0.6) is 5.75 Å². The first-order chi connectivity index (χ1) is 9.02. The first kappa shape index (κ1) is 13.7. The van der Waals surface area contributed by atoms with Gasteiger partial charge in [0.2, 0.25) is 0 Å². The SMILES string of the molecule is COc1cc(C)ccc1C(O)c1cc(Cl)ccc1N. The lowest BCUT2D eigenvalue weighted by Crippen LogP contribution is -2.05. The number of nitrogen functional groups attached to an aromatic ring is 1. The predicted molar refractivity (Wildman–Crippen MR) is 77.7 cm³/mol. The van der Waals surface area contributed by atoms with Crippen molar-refractivity contribution in [1.82, 2.24) is 0 Å². The Morgan fingerprint density at radius 3 is 2.58 bits per heavy atom. The van der Waals surface area contributed by atoms with Gasteiger partial charge in [-0.2, -0.15) is 0 Å². The van der Waals surface area contributed by atoms with Gasteiger partial charge in [0.25, 0.3) is 0 Å². The normalized spacial score (nSPS) is 12.2. The molecule has 0 spiro atoms. The number of nitrogens with two attached hydrogens (primary N) is 1. The van der Waals surface area contributed by atoms with E-state index in [4.69, 9.17) is 22.1 Å². The number of rotatable bonds is 3. The first-order valence-corrected chi connectivity index (χ1v) is 6.28. The van der Waals surface area contributed by atoms with Crippen LogP contribution < -0.4 is 10.5 Å². The Kier molecular flexibility index (Phi) is 3.98. The van der Waals surface area contributed by atoms with E-state index in [0.717, 1.165) is 5.56 Å². The Hall–Kier alpha value is -1.71. The Bertz CT molecular complexity index is 599. The number of hydrogen-bond acceptors (Lipinski definition) is 3. The van der Waals surface area contributed by atoms with Crippen molar-refractivity contribution in [2.24, 2.45) is 0 Å². The van der Waals surface area contributed by atoms with E-state index in [1.54, 1.807) is 25.3 Å². The van der Waals surface area contributed by atoms with Crippen LogP contribution in [-0.2, 0) is 0 Å². The molecule has 3 nitrogen and oxygen atoms in total. The fourth-order valence-corrected chi connectivity index (χ4v) is 2.17. The molecule has 0 radical (unpaired) electrons. The molecule has 0 aliphatic rings. The average molecular weight is 278 g/mol. The number of methoxy groups -OCH3 is 1. The van der Waals surface area contributed by atoms with Crippen LogP contribution in [0.3, 0.4) is 0 Å². The van der Waals surface area contributed by atoms with Gasteiger partial charge in [-0.05, 0) is 36.8 Å². The average Bonchev–Trinajstić information content (AvgIpc) is 2.40. The molecular weight excluding hydrogens is 262 g/mol. The molecule has 2 rings (SSSR count). The third-order valence-electron chi connectivity index (χ3n) is 3.03. The molecule has 2 aromatic carbocycles. The van der Waals surface area contributed by atoms with Gasteiger partial charge >= 0.3 is 0 Å². The predicted octanol–water partition coefficient (Wildman–Crippen LogP) is 3.32. The van der Waals surface area contributed by atoms with E-state index in [1.807, 2.05) is 25.1 Å². The second-order valence-electron chi connectivity index (χ2n) is 4.42. The van der Waals surface area contributed by atoms with Gasteiger partial charge in [-0.1, -0.05) is 23.7 Å². The smallest absolute Gasteiger partial charge is 0.125 e. The highest BCUT2D eigenvalue weighted by Crippen LogP contribution is 2.34. The number of anilines is 1. The van der Waals surface area contributed by atoms with Crippen molar-refractivity contribution in [2.45, 2.75) is 13.0 Å². The van der Waals surface area contributed by atoms with Gasteiger partial charge in [0.1, 0.15) is 11.9 Å². The first-order valence-electron chi connectivity index (χ1n) is 5.90. The standard InChI is InChI=1S/C15H16ClNO2/c1-9-3-5-11(14(7-9)19-2)15(18)12-8-10(16)4-6-13(12)17/h3-8,15,18H,17H2,1-2H3. The van der Waals surface area contributed by atoms with Crippen LogP contribution >= 0.6 is 11.6 Å². The molecule has 3 N–H and O–H groups in total. The minimum Gasteiger partial charge on any atom is -0.496 e. The zero-order valence-electron chi connectivity index (χ0n) is 10.9. The molecule has 1 unspecified atom stereocenters. The van der Waals surface area contributed by atoms with Gasteiger partial charge in [-0.25, -0.2) is 0 Å². The van der Waals surface area contributed by atoms with Crippen LogP contribution in [0.25, 0.3) is 0 Å². The highest BCUT2D eigenvalue weighted by Gasteiger charge is 2.18. The number of halogens is 1. The molecule has 0 amide bonds. The van der Waals surface area contributed by atoms with Gasteiger partial charge in [0.15, 0.2) is 0 Å². The number of aryl methyl sites for hydroxylation is 1. The minimum absolute atomic E-state index is 0.500. The van der Waals surface area contributed by atoms with Crippen molar-refractivity contribution in [3.8, 4) is 5.75 Å². The van der Waals surface area contributed by atoms with Crippen molar-refractivity contribution in [2.75, 3.05) is 12.8 Å². The third-order valence-corrected chi connectivity index (χ3v) is 3.26. The molecule has 0 fully saturated rings. The molecule has 0 aromatic heterocycles. The number of aliphatic hydroxyl groups excluding tert-OH is 1. The van der Waals surface area contributed by atoms with Crippen molar-refractivity contribution in [3.05, 3.63) is 58.1 Å². The molecular formula is C15H16ClNO2. The molecule has 0 bridgehead atoms. The van der Waals surface area contributed by atoms with Gasteiger partial charge in [0.05, 0.1) is 7.11 Å². The van der Waals surface area contributed by atoms with E-state index in [0.29, 0.717) is 27.6 Å². The lowest BCUT2D eigenvalue weighted by Gasteiger charge is -2.17. The van der Waals surface area contributed by atoms with Crippen LogP contribution in [-0.4, -0.2) is 12.2 Å². The zero-order chi connectivity index (χ0) is 14.0. The summed E-state index contributed by atoms with van der Waals surface area (Å²) < 4.78 is 5.31. The molecule has 0 saturated carbocycles. The molecule has 0 heterocycles. The highest BCUT2D eigenvalue weighted by molar-refractivity contribution is 6.30. The van der Waals surface area contributed by atoms with Crippen LogP contribution in [0, 0.1) is 6.92 Å². The summed E-state index contributed by atoms with van der Waals surface area (Å²) in [6.45, 7) is 1.96. The van der Waals surface area contributed by atoms with Gasteiger partial charge in [0, 0.05) is 21.8 Å². The zero-order valence-corrected chi connectivity index (χ0v) is 11.6. The molecule has 1 atom stereocenters. The van der Waals surface area contributed by atoms with Crippen molar-refractivity contribution in [3.63, 3.8) is 0 Å². The number of hydrogen-bond donors (Lipinski definition) is 2. The maximum absolute atomic E-state index is 10.5. The van der Waals surface area contributed by atoms with Gasteiger partial charge in [-0.15, -0.1) is 0 Å². The maximum Gasteiger partial charge on any atom is 0.125 e. The van der Waals surface area contributed by atoms with E-state index in [2.05, 4.69) is 0 Å². The molecule has 0 aliphatic carbocycles. The summed E-state index contributed by atoms with van der Waals surface area (Å²) in [5.74, 6) is 0.631. The summed E-state index contributed by atoms with van der Waals surface area (Å²) in [4.78, 5) is 0. The molecule has 0 aliphatic heterocycles. The Morgan fingerprint density at radius 1 is 1.16 bits per heavy atom. The lowest BCUT2D eigenvalue weighted by molar-refractivity contribution is 0.215. The Labute approximate surface area is 117 Å². The van der Waals surface area contributed by atoms with Crippen molar-refractivity contribution >= 4 is 17.3 Å². The number of ether oxygens (including phenoxy) is 1. The van der Waals surface area contributed by atoms with E-state index in [1.165, 1.54) is 0 Å². The molecule has 2 aromatic rings. The van der Waals surface area contributed by atoms with Crippen molar-refractivity contribution < 1.29 is 9.84 Å². The van der Waals surface area contributed by atoms with E-state index < -0.39 is 6.10 Å². The largest absolute Gasteiger partial charge is 0.496 e. The Balaban J connectivity index is 2.49. The fraction of sp³-hybridized carbons (Fsp3) is 0.200. The quantitative estimate of drug-likeness (QED) is 0.846. The van der Waals surface area contributed by atoms with E-state index in [9.17, 15) is 5.11 Å². The summed E-state index contributed by atoms with van der Waals surface area (Å²) in [5.41, 5.74) is 8.70. The van der Waals surface area contributed by atoms with Gasteiger partial charge < -0.3 is 15.6 Å². The summed E-state index contributed by atoms with van der Waals surface area (Å²) >= 11 is 5.95. The Morgan fingerprint density at radius 2 is 1.89 bits per heavy atom. The summed E-state index contributed by atoms with van der Waals surface area (Å²) in [5, 5.41) is 11.0. The number of benzene rings is 2. The van der Waals surface area contributed by atoms with Crippen LogP contribution in [0.4, 0.5) is 5.69 Å². The van der Waals surface area contributed by atoms with E-state index >= 15 is 0 Å². The van der Waals surface area contributed by atoms with Crippen LogP contribution in [0.15, 0.2) is 36.4 Å². The molecule has 0 saturated heterocycles. The summed E-state index contributed by atoms with van der Waals surface area (Å²) in [7, 11) is 1.58. The second kappa shape index (κ2) is 5.51. The van der Waals surface area contributed by atoms with E-state index in [-0.39, 0.29) is 0 Å². The summed E-state index contributed by atoms with van der Waals surface area (Å²) in [6, 6.07) is 10.7. The molecule has 19 heavy (non-hydrogen) atoms. The second-order valence-corrected chi connectivity index (χ2v) is 4.86. The fourth-order valence-electron chi connectivity index (χ4n) is 1.99. The lowest BCUT2D eigenvalue weighted by atomic mass is 9.98.